The number of anilines is 1. The lowest BCUT2D eigenvalue weighted by Crippen LogP contribution is -2.54. The van der Waals surface area contributed by atoms with E-state index >= 15 is 0 Å². The van der Waals surface area contributed by atoms with Gasteiger partial charge in [0.1, 0.15) is 17.1 Å². The predicted octanol–water partition coefficient (Wildman–Crippen LogP) is 3.68. The summed E-state index contributed by atoms with van der Waals surface area (Å²) in [5.74, 6) is -1.37. The minimum absolute atomic E-state index is 0.157. The first-order valence-electron chi connectivity index (χ1n) is 9.55. The first-order valence-corrected chi connectivity index (χ1v) is 9.55. The van der Waals surface area contributed by atoms with Crippen LogP contribution in [0.1, 0.15) is 12.6 Å². The Morgan fingerprint density at radius 1 is 0.968 bits per heavy atom. The monoisotopic (exact) mass is 419 g/mol. The molecular weight excluding hydrogens is 401 g/mol. The smallest absolute Gasteiger partial charge is 0.335 e. The van der Waals surface area contributed by atoms with E-state index in [-0.39, 0.29) is 11.3 Å². The third kappa shape index (κ3) is 3.95. The number of benzene rings is 2. The molecular formula is C23H18FN3O4. The predicted molar refractivity (Wildman–Crippen MR) is 112 cm³/mol. The molecule has 4 amide bonds. The van der Waals surface area contributed by atoms with Crippen molar-refractivity contribution in [1.82, 2.24) is 9.88 Å². The molecule has 1 N–H and O–H groups in total. The van der Waals surface area contributed by atoms with Gasteiger partial charge in [0.2, 0.25) is 0 Å². The Kier molecular flexibility index (Phi) is 5.36. The van der Waals surface area contributed by atoms with Crippen molar-refractivity contribution in [2.45, 2.75) is 6.92 Å². The summed E-state index contributed by atoms with van der Waals surface area (Å²) >= 11 is 0. The van der Waals surface area contributed by atoms with Gasteiger partial charge in [-0.1, -0.05) is 0 Å². The quantitative estimate of drug-likeness (QED) is 0.505. The van der Waals surface area contributed by atoms with E-state index in [1.807, 2.05) is 31.2 Å². The summed E-state index contributed by atoms with van der Waals surface area (Å²) in [4.78, 5) is 38.4. The van der Waals surface area contributed by atoms with Crippen LogP contribution in [-0.2, 0) is 9.59 Å². The largest absolute Gasteiger partial charge is 0.494 e. The van der Waals surface area contributed by atoms with Crippen molar-refractivity contribution in [3.63, 3.8) is 0 Å². The molecule has 7 nitrogen and oxygen atoms in total. The van der Waals surface area contributed by atoms with E-state index in [4.69, 9.17) is 4.74 Å². The summed E-state index contributed by atoms with van der Waals surface area (Å²) < 4.78 is 20.5. The summed E-state index contributed by atoms with van der Waals surface area (Å²) in [7, 11) is 0. The Labute approximate surface area is 177 Å². The van der Waals surface area contributed by atoms with E-state index in [9.17, 15) is 18.8 Å². The number of hydrogen-bond acceptors (Lipinski definition) is 4. The average Bonchev–Trinajstić information content (AvgIpc) is 3.21. The molecule has 1 aliphatic rings. The zero-order valence-corrected chi connectivity index (χ0v) is 16.5. The molecule has 4 rings (SSSR count). The van der Waals surface area contributed by atoms with Crippen LogP contribution in [0.5, 0.6) is 5.75 Å². The fourth-order valence-corrected chi connectivity index (χ4v) is 3.25. The highest BCUT2D eigenvalue weighted by atomic mass is 19.1. The number of nitrogens with one attached hydrogen (secondary N) is 1. The van der Waals surface area contributed by atoms with Gasteiger partial charge in [-0.15, -0.1) is 0 Å². The lowest BCUT2D eigenvalue weighted by molar-refractivity contribution is -0.122. The van der Waals surface area contributed by atoms with Gasteiger partial charge in [-0.3, -0.25) is 14.9 Å². The van der Waals surface area contributed by atoms with E-state index in [1.54, 1.807) is 22.9 Å². The molecule has 0 radical (unpaired) electrons. The van der Waals surface area contributed by atoms with Crippen molar-refractivity contribution < 1.29 is 23.5 Å². The van der Waals surface area contributed by atoms with Crippen molar-refractivity contribution in [2.75, 3.05) is 11.5 Å². The number of rotatable bonds is 5. The number of carbonyl (C=O) groups is 3. The van der Waals surface area contributed by atoms with E-state index in [2.05, 4.69) is 5.32 Å². The lowest BCUT2D eigenvalue weighted by atomic mass is 10.1. The summed E-state index contributed by atoms with van der Waals surface area (Å²) in [5.41, 5.74) is 1.31. The molecule has 0 aliphatic carbocycles. The molecule has 1 aliphatic heterocycles. The van der Waals surface area contributed by atoms with Crippen molar-refractivity contribution in [2.24, 2.45) is 0 Å². The maximum Gasteiger partial charge on any atom is 0.335 e. The lowest BCUT2D eigenvalue weighted by Gasteiger charge is -2.26. The summed E-state index contributed by atoms with van der Waals surface area (Å²) in [6.07, 6.45) is 3.20. The fourth-order valence-electron chi connectivity index (χ4n) is 3.25. The molecule has 31 heavy (non-hydrogen) atoms. The molecule has 0 saturated carbocycles. The second-order valence-corrected chi connectivity index (χ2v) is 6.66. The summed E-state index contributed by atoms with van der Waals surface area (Å²) in [5, 5.41) is 2.16. The van der Waals surface area contributed by atoms with Crippen LogP contribution in [0.25, 0.3) is 11.8 Å². The minimum atomic E-state index is -0.888. The Bertz CT molecular complexity index is 1180. The normalized spacial score (nSPS) is 15.4. The summed E-state index contributed by atoms with van der Waals surface area (Å²) in [6, 6.07) is 14.8. The Hall–Kier alpha value is -4.20. The number of imide groups is 2. The van der Waals surface area contributed by atoms with E-state index in [0.717, 1.165) is 28.5 Å². The van der Waals surface area contributed by atoms with Crippen LogP contribution in [0.2, 0.25) is 0 Å². The van der Waals surface area contributed by atoms with Gasteiger partial charge in [0.15, 0.2) is 0 Å². The number of amides is 4. The number of barbiturate groups is 1. The van der Waals surface area contributed by atoms with Crippen LogP contribution >= 0.6 is 0 Å². The fraction of sp³-hybridized carbons (Fsp3) is 0.0870. The second-order valence-electron chi connectivity index (χ2n) is 6.66. The molecule has 1 aromatic heterocycles. The Balaban J connectivity index is 1.69. The molecule has 0 unspecified atom stereocenters. The topological polar surface area (TPSA) is 80.6 Å². The number of halogens is 1. The third-order valence-electron chi connectivity index (χ3n) is 4.68. The van der Waals surface area contributed by atoms with Crippen molar-refractivity contribution in [3.05, 3.63) is 83.9 Å². The first kappa shape index (κ1) is 20.1. The number of urea groups is 1. The van der Waals surface area contributed by atoms with Gasteiger partial charge in [-0.25, -0.2) is 14.1 Å². The zero-order valence-electron chi connectivity index (χ0n) is 16.5. The van der Waals surface area contributed by atoms with Gasteiger partial charge >= 0.3 is 6.03 Å². The van der Waals surface area contributed by atoms with Crippen LogP contribution in [0.15, 0.2) is 72.4 Å². The minimum Gasteiger partial charge on any atom is -0.494 e. The first-order chi connectivity index (χ1) is 15.0. The van der Waals surface area contributed by atoms with E-state index < -0.39 is 23.7 Å². The Morgan fingerprint density at radius 2 is 1.65 bits per heavy atom. The third-order valence-corrected chi connectivity index (χ3v) is 4.68. The van der Waals surface area contributed by atoms with Gasteiger partial charge < -0.3 is 9.30 Å². The van der Waals surface area contributed by atoms with Crippen molar-refractivity contribution >= 4 is 29.6 Å². The van der Waals surface area contributed by atoms with Crippen LogP contribution in [0.4, 0.5) is 14.9 Å². The number of carbonyl (C=O) groups excluding carboxylic acids is 3. The number of ether oxygens (including phenoxy) is 1. The van der Waals surface area contributed by atoms with Crippen LogP contribution in [0, 0.1) is 5.82 Å². The van der Waals surface area contributed by atoms with Crippen molar-refractivity contribution in [3.8, 4) is 11.4 Å². The SMILES string of the molecule is CCOc1ccc(-n2cccc2C=C2C(=O)NC(=O)N(c3ccc(F)cc3)C2=O)cc1. The molecule has 0 bridgehead atoms. The average molecular weight is 419 g/mol. The van der Waals surface area contributed by atoms with Crippen molar-refractivity contribution in [1.29, 1.82) is 0 Å². The highest BCUT2D eigenvalue weighted by Gasteiger charge is 2.37. The highest BCUT2D eigenvalue weighted by Crippen LogP contribution is 2.24. The van der Waals surface area contributed by atoms with E-state index in [1.165, 1.54) is 18.2 Å². The molecule has 156 valence electrons. The zero-order chi connectivity index (χ0) is 22.0. The Morgan fingerprint density at radius 3 is 2.32 bits per heavy atom. The van der Waals surface area contributed by atoms with Crippen LogP contribution < -0.4 is 15.0 Å². The molecule has 2 aromatic carbocycles. The van der Waals surface area contributed by atoms with Gasteiger partial charge in [-0.05, 0) is 73.7 Å². The van der Waals surface area contributed by atoms with Gasteiger partial charge in [0.05, 0.1) is 12.3 Å². The molecule has 3 aromatic rings. The maximum absolute atomic E-state index is 13.2. The van der Waals surface area contributed by atoms with Gasteiger partial charge in [0, 0.05) is 17.6 Å². The van der Waals surface area contributed by atoms with Crippen LogP contribution in [-0.4, -0.2) is 29.0 Å². The number of aromatic nitrogens is 1. The number of nitrogens with zero attached hydrogens (tertiary/aromatic N) is 2. The molecule has 0 atom stereocenters. The molecule has 1 fully saturated rings. The molecule has 8 heteroatoms. The molecule has 2 heterocycles. The standard InChI is InChI=1S/C23H18FN3O4/c1-2-31-19-11-9-16(10-12-19)26-13-3-4-18(26)14-20-21(28)25-23(30)27(22(20)29)17-7-5-15(24)6-8-17/h3-14H,2H2,1H3,(H,25,28,30). The number of hydrogen-bond donors (Lipinski definition) is 1. The van der Waals surface area contributed by atoms with E-state index in [0.29, 0.717) is 12.3 Å². The molecule has 0 spiro atoms. The second kappa shape index (κ2) is 8.27. The highest BCUT2D eigenvalue weighted by molar-refractivity contribution is 6.39. The molecule has 1 saturated heterocycles. The van der Waals surface area contributed by atoms with Gasteiger partial charge in [-0.2, -0.15) is 0 Å². The summed E-state index contributed by atoms with van der Waals surface area (Å²) in [6.45, 7) is 2.46. The maximum atomic E-state index is 13.2. The van der Waals surface area contributed by atoms with Crippen LogP contribution in [0.3, 0.4) is 0 Å². The van der Waals surface area contributed by atoms with Gasteiger partial charge in [0.25, 0.3) is 11.8 Å².